The molecule has 0 bridgehead atoms. The highest BCUT2D eigenvalue weighted by Crippen LogP contribution is 2.27. The van der Waals surface area contributed by atoms with Crippen molar-refractivity contribution in [3.05, 3.63) is 62.6 Å². The lowest BCUT2D eigenvalue weighted by atomic mass is 10.2. The summed E-state index contributed by atoms with van der Waals surface area (Å²) >= 11 is 17.9. The zero-order valence-electron chi connectivity index (χ0n) is 9.66. The molecule has 0 aromatic heterocycles. The largest absolute Gasteiger partial charge is 0.487 e. The Bertz CT molecular complexity index is 650. The SMILES string of the molecule is N#Cc1ccc(OCc2ccc(Cl)cc2Cl)c(Cl)c1. The number of halogens is 3. The minimum absolute atomic E-state index is 0.279. The van der Waals surface area contributed by atoms with Gasteiger partial charge in [0.15, 0.2) is 0 Å². The molecule has 0 fully saturated rings. The van der Waals surface area contributed by atoms with E-state index in [-0.39, 0.29) is 6.61 Å². The lowest BCUT2D eigenvalue weighted by molar-refractivity contribution is 0.306. The standard InChI is InChI=1S/C14H8Cl3NO/c15-11-3-2-10(12(16)6-11)8-19-14-4-1-9(7-18)5-13(14)17/h1-6H,8H2. The summed E-state index contributed by atoms with van der Waals surface area (Å²) in [6, 6.07) is 12.1. The minimum Gasteiger partial charge on any atom is -0.487 e. The number of rotatable bonds is 3. The Balaban J connectivity index is 2.13. The van der Waals surface area contributed by atoms with E-state index in [9.17, 15) is 0 Å². The molecule has 0 radical (unpaired) electrons. The first-order valence-corrected chi connectivity index (χ1v) is 6.50. The summed E-state index contributed by atoms with van der Waals surface area (Å²) in [5.41, 5.74) is 1.30. The van der Waals surface area contributed by atoms with Crippen LogP contribution in [0.25, 0.3) is 0 Å². The van der Waals surface area contributed by atoms with Gasteiger partial charge in [-0.25, -0.2) is 0 Å². The Labute approximate surface area is 126 Å². The summed E-state index contributed by atoms with van der Waals surface area (Å²) in [5, 5.41) is 10.2. The molecule has 0 amide bonds. The molecule has 2 rings (SSSR count). The average Bonchev–Trinajstić information content (AvgIpc) is 2.39. The van der Waals surface area contributed by atoms with E-state index in [1.54, 1.807) is 36.4 Å². The minimum atomic E-state index is 0.279. The maximum absolute atomic E-state index is 8.74. The number of benzene rings is 2. The van der Waals surface area contributed by atoms with Crippen molar-refractivity contribution < 1.29 is 4.74 Å². The second kappa shape index (κ2) is 6.16. The van der Waals surface area contributed by atoms with Crippen LogP contribution in [0, 0.1) is 11.3 Å². The van der Waals surface area contributed by atoms with E-state index in [2.05, 4.69) is 0 Å². The van der Waals surface area contributed by atoms with E-state index < -0.39 is 0 Å². The van der Waals surface area contributed by atoms with Crippen molar-refractivity contribution in [1.29, 1.82) is 5.26 Å². The highest BCUT2D eigenvalue weighted by molar-refractivity contribution is 6.35. The number of hydrogen-bond donors (Lipinski definition) is 0. The zero-order valence-corrected chi connectivity index (χ0v) is 11.9. The molecular weight excluding hydrogens is 305 g/mol. The maximum Gasteiger partial charge on any atom is 0.138 e. The van der Waals surface area contributed by atoms with Crippen molar-refractivity contribution in [3.8, 4) is 11.8 Å². The van der Waals surface area contributed by atoms with Gasteiger partial charge in [0.25, 0.3) is 0 Å². The Morgan fingerprint density at radius 2 is 1.79 bits per heavy atom. The van der Waals surface area contributed by atoms with Gasteiger partial charge >= 0.3 is 0 Å². The molecule has 0 saturated carbocycles. The third-order valence-corrected chi connectivity index (χ3v) is 3.34. The van der Waals surface area contributed by atoms with Gasteiger partial charge in [0.2, 0.25) is 0 Å². The average molecular weight is 313 g/mol. The van der Waals surface area contributed by atoms with Crippen molar-refractivity contribution in [1.82, 2.24) is 0 Å². The summed E-state index contributed by atoms with van der Waals surface area (Å²) in [4.78, 5) is 0. The van der Waals surface area contributed by atoms with Crippen LogP contribution in [0.4, 0.5) is 0 Å². The Morgan fingerprint density at radius 1 is 1.00 bits per heavy atom. The van der Waals surface area contributed by atoms with Crippen LogP contribution in [0.3, 0.4) is 0 Å². The molecule has 5 heteroatoms. The van der Waals surface area contributed by atoms with E-state index in [1.807, 2.05) is 6.07 Å². The van der Waals surface area contributed by atoms with Crippen molar-refractivity contribution in [3.63, 3.8) is 0 Å². The van der Waals surface area contributed by atoms with E-state index >= 15 is 0 Å². The lowest BCUT2D eigenvalue weighted by Crippen LogP contribution is -1.97. The predicted molar refractivity (Wildman–Crippen MR) is 77.0 cm³/mol. The molecule has 96 valence electrons. The molecule has 19 heavy (non-hydrogen) atoms. The van der Waals surface area contributed by atoms with E-state index in [0.29, 0.717) is 26.4 Å². The van der Waals surface area contributed by atoms with Gasteiger partial charge in [0, 0.05) is 15.6 Å². The van der Waals surface area contributed by atoms with Crippen LogP contribution < -0.4 is 4.74 Å². The van der Waals surface area contributed by atoms with Gasteiger partial charge in [-0.1, -0.05) is 40.9 Å². The molecule has 0 atom stereocenters. The molecule has 0 saturated heterocycles. The monoisotopic (exact) mass is 311 g/mol. The summed E-state index contributed by atoms with van der Waals surface area (Å²) < 4.78 is 5.57. The van der Waals surface area contributed by atoms with Crippen LogP contribution in [-0.4, -0.2) is 0 Å². The van der Waals surface area contributed by atoms with Crippen LogP contribution in [0.5, 0.6) is 5.75 Å². The second-order valence-corrected chi connectivity index (χ2v) is 5.03. The van der Waals surface area contributed by atoms with Crippen molar-refractivity contribution >= 4 is 34.8 Å². The molecule has 0 aliphatic carbocycles. The highest BCUT2D eigenvalue weighted by Gasteiger charge is 2.06. The number of hydrogen-bond acceptors (Lipinski definition) is 2. The third kappa shape index (κ3) is 3.54. The molecule has 2 aromatic rings. The normalized spacial score (nSPS) is 10.0. The molecule has 0 aliphatic rings. The highest BCUT2D eigenvalue weighted by atomic mass is 35.5. The third-order valence-electron chi connectivity index (χ3n) is 2.46. The fraction of sp³-hybridized carbons (Fsp3) is 0.0714. The number of ether oxygens (including phenoxy) is 1. The van der Waals surface area contributed by atoms with Crippen LogP contribution in [0.15, 0.2) is 36.4 Å². The van der Waals surface area contributed by atoms with Gasteiger partial charge in [-0.05, 0) is 30.3 Å². The molecular formula is C14H8Cl3NO. The van der Waals surface area contributed by atoms with Gasteiger partial charge in [-0.3, -0.25) is 0 Å². The molecule has 0 spiro atoms. The van der Waals surface area contributed by atoms with E-state index in [1.165, 1.54) is 0 Å². The van der Waals surface area contributed by atoms with Gasteiger partial charge in [-0.2, -0.15) is 5.26 Å². The fourth-order valence-corrected chi connectivity index (χ4v) is 2.18. The summed E-state index contributed by atoms with van der Waals surface area (Å²) in [5.74, 6) is 0.506. The lowest BCUT2D eigenvalue weighted by Gasteiger charge is -2.09. The van der Waals surface area contributed by atoms with Gasteiger partial charge in [-0.15, -0.1) is 0 Å². The zero-order chi connectivity index (χ0) is 13.8. The number of nitriles is 1. The second-order valence-electron chi connectivity index (χ2n) is 3.78. The molecule has 0 N–H and O–H groups in total. The smallest absolute Gasteiger partial charge is 0.138 e. The van der Waals surface area contributed by atoms with Crippen LogP contribution in [0.1, 0.15) is 11.1 Å². The quantitative estimate of drug-likeness (QED) is 0.790. The van der Waals surface area contributed by atoms with Crippen LogP contribution >= 0.6 is 34.8 Å². The maximum atomic E-state index is 8.74. The molecule has 0 heterocycles. The van der Waals surface area contributed by atoms with Crippen LogP contribution in [0.2, 0.25) is 15.1 Å². The van der Waals surface area contributed by atoms with Crippen LogP contribution in [-0.2, 0) is 6.61 Å². The topological polar surface area (TPSA) is 33.0 Å². The van der Waals surface area contributed by atoms with Crippen molar-refractivity contribution in [2.75, 3.05) is 0 Å². The Morgan fingerprint density at radius 3 is 2.42 bits per heavy atom. The Kier molecular flexibility index (Phi) is 4.55. The fourth-order valence-electron chi connectivity index (χ4n) is 1.48. The molecule has 0 unspecified atom stereocenters. The van der Waals surface area contributed by atoms with Crippen molar-refractivity contribution in [2.24, 2.45) is 0 Å². The first-order chi connectivity index (χ1) is 9.10. The molecule has 0 aliphatic heterocycles. The summed E-state index contributed by atoms with van der Waals surface area (Å²) in [6.45, 7) is 0.279. The summed E-state index contributed by atoms with van der Waals surface area (Å²) in [7, 11) is 0. The number of nitrogens with zero attached hydrogens (tertiary/aromatic N) is 1. The van der Waals surface area contributed by atoms with Gasteiger partial charge in [0.1, 0.15) is 12.4 Å². The first kappa shape index (κ1) is 14.0. The van der Waals surface area contributed by atoms with E-state index in [4.69, 9.17) is 44.8 Å². The Hall–Kier alpha value is -1.40. The molecule has 2 aromatic carbocycles. The molecule has 2 nitrogen and oxygen atoms in total. The van der Waals surface area contributed by atoms with Gasteiger partial charge < -0.3 is 4.74 Å². The summed E-state index contributed by atoms with van der Waals surface area (Å²) in [6.07, 6.45) is 0. The van der Waals surface area contributed by atoms with Crippen molar-refractivity contribution in [2.45, 2.75) is 6.61 Å². The first-order valence-electron chi connectivity index (χ1n) is 5.36. The van der Waals surface area contributed by atoms with E-state index in [0.717, 1.165) is 5.56 Å². The van der Waals surface area contributed by atoms with Gasteiger partial charge in [0.05, 0.1) is 16.7 Å². The predicted octanol–water partition coefficient (Wildman–Crippen LogP) is 5.10.